The van der Waals surface area contributed by atoms with Gasteiger partial charge in [0.2, 0.25) is 5.91 Å². The van der Waals surface area contributed by atoms with Crippen LogP contribution in [0.4, 0.5) is 5.69 Å². The van der Waals surface area contributed by atoms with Crippen molar-refractivity contribution >= 4 is 11.6 Å². The van der Waals surface area contributed by atoms with E-state index in [1.54, 1.807) is 0 Å². The first-order valence-electron chi connectivity index (χ1n) is 10.7. The number of anilines is 1. The fraction of sp³-hybridized carbons (Fsp3) is 0.682. The van der Waals surface area contributed by atoms with Gasteiger partial charge < -0.3 is 20.1 Å². The molecule has 1 aliphatic carbocycles. The molecule has 28 heavy (non-hydrogen) atoms. The average molecular weight is 390 g/mol. The zero-order chi connectivity index (χ0) is 19.8. The molecule has 0 aromatic heterocycles. The van der Waals surface area contributed by atoms with E-state index in [1.165, 1.54) is 32.1 Å². The third-order valence-electron chi connectivity index (χ3n) is 6.03. The van der Waals surface area contributed by atoms with E-state index in [1.807, 2.05) is 38.1 Å². The van der Waals surface area contributed by atoms with Crippen LogP contribution in [0, 0.1) is 0 Å². The molecule has 1 saturated heterocycles. The highest BCUT2D eigenvalue weighted by atomic mass is 16.5. The van der Waals surface area contributed by atoms with Gasteiger partial charge in [-0.05, 0) is 51.0 Å². The van der Waals surface area contributed by atoms with Gasteiger partial charge in [-0.1, -0.05) is 19.3 Å². The number of benzene rings is 1. The first-order valence-corrected chi connectivity index (χ1v) is 10.7. The molecule has 2 fully saturated rings. The highest BCUT2D eigenvalue weighted by Crippen LogP contribution is 2.34. The molecule has 156 valence electrons. The molecule has 6 nitrogen and oxygen atoms in total. The van der Waals surface area contributed by atoms with Crippen LogP contribution in [0.15, 0.2) is 24.3 Å². The van der Waals surface area contributed by atoms with Crippen molar-refractivity contribution < 1.29 is 14.3 Å². The zero-order valence-corrected chi connectivity index (χ0v) is 17.3. The van der Waals surface area contributed by atoms with Gasteiger partial charge in [-0.25, -0.2) is 0 Å². The molecule has 0 spiro atoms. The number of ether oxygens (including phenoxy) is 2. The van der Waals surface area contributed by atoms with E-state index in [-0.39, 0.29) is 17.5 Å². The van der Waals surface area contributed by atoms with Gasteiger partial charge in [0.25, 0.3) is 0 Å². The lowest BCUT2D eigenvalue weighted by Gasteiger charge is -2.48. The van der Waals surface area contributed by atoms with Crippen molar-refractivity contribution in [3.8, 4) is 5.75 Å². The molecule has 2 N–H and O–H groups in total. The summed E-state index contributed by atoms with van der Waals surface area (Å²) in [7, 11) is 0. The van der Waals surface area contributed by atoms with Crippen LogP contribution in [0.3, 0.4) is 0 Å². The molecule has 0 bridgehead atoms. The minimum Gasteiger partial charge on any atom is -0.494 e. The van der Waals surface area contributed by atoms with Crippen molar-refractivity contribution in [3.05, 3.63) is 24.3 Å². The molecule has 0 radical (unpaired) electrons. The molecule has 3 rings (SSSR count). The van der Waals surface area contributed by atoms with E-state index in [4.69, 9.17) is 9.47 Å². The maximum Gasteiger partial charge on any atom is 0.241 e. The normalized spacial score (nSPS) is 21.1. The monoisotopic (exact) mass is 389 g/mol. The van der Waals surface area contributed by atoms with Crippen molar-refractivity contribution in [3.63, 3.8) is 0 Å². The van der Waals surface area contributed by atoms with Crippen molar-refractivity contribution in [1.29, 1.82) is 0 Å². The molecule has 1 aromatic carbocycles. The highest BCUT2D eigenvalue weighted by molar-refractivity contribution is 5.94. The summed E-state index contributed by atoms with van der Waals surface area (Å²) in [5.41, 5.74) is 0.957. The topological polar surface area (TPSA) is 62.8 Å². The summed E-state index contributed by atoms with van der Waals surface area (Å²) in [6.07, 6.45) is 6.26. The van der Waals surface area contributed by atoms with Gasteiger partial charge in [-0.15, -0.1) is 0 Å². The lowest BCUT2D eigenvalue weighted by Crippen LogP contribution is -2.60. The van der Waals surface area contributed by atoms with Crippen molar-refractivity contribution in [1.82, 2.24) is 10.2 Å². The number of carbonyl (C=O) groups excluding carboxylic acids is 1. The Bertz CT molecular complexity index is 608. The lowest BCUT2D eigenvalue weighted by atomic mass is 9.79. The Morgan fingerprint density at radius 1 is 1.18 bits per heavy atom. The summed E-state index contributed by atoms with van der Waals surface area (Å²) in [6, 6.07) is 7.28. The zero-order valence-electron chi connectivity index (χ0n) is 17.3. The largest absolute Gasteiger partial charge is 0.494 e. The lowest BCUT2D eigenvalue weighted by molar-refractivity contribution is -0.118. The fourth-order valence-electron chi connectivity index (χ4n) is 4.34. The van der Waals surface area contributed by atoms with Crippen LogP contribution >= 0.6 is 0 Å². The molecule has 1 aromatic rings. The fourth-order valence-corrected chi connectivity index (χ4v) is 4.34. The first kappa shape index (κ1) is 21.1. The van der Waals surface area contributed by atoms with Crippen molar-refractivity contribution in [2.75, 3.05) is 44.8 Å². The number of morpholine rings is 1. The first-order chi connectivity index (χ1) is 13.6. The van der Waals surface area contributed by atoms with Crippen LogP contribution in [0.5, 0.6) is 5.75 Å². The maximum absolute atomic E-state index is 12.6. The van der Waals surface area contributed by atoms with Gasteiger partial charge in [-0.2, -0.15) is 0 Å². The van der Waals surface area contributed by atoms with Crippen molar-refractivity contribution in [2.45, 2.75) is 57.5 Å². The highest BCUT2D eigenvalue weighted by Gasteiger charge is 2.38. The molecule has 1 saturated carbocycles. The SMILES string of the molecule is CCOc1ccc(NC(=O)C(C)NCC2(N3CCOCC3)CCCCC2)cc1. The van der Waals surface area contributed by atoms with Gasteiger partial charge >= 0.3 is 0 Å². The van der Waals surface area contributed by atoms with E-state index in [0.29, 0.717) is 6.61 Å². The van der Waals surface area contributed by atoms with Gasteiger partial charge in [0.1, 0.15) is 5.75 Å². The molecule has 1 heterocycles. The Labute approximate surface area is 169 Å². The second kappa shape index (κ2) is 10.2. The second-order valence-corrected chi connectivity index (χ2v) is 7.93. The number of nitrogens with one attached hydrogen (secondary N) is 2. The summed E-state index contributed by atoms with van der Waals surface area (Å²) in [4.78, 5) is 15.2. The quantitative estimate of drug-likeness (QED) is 0.716. The van der Waals surface area contributed by atoms with Gasteiger partial charge in [-0.3, -0.25) is 9.69 Å². The van der Waals surface area contributed by atoms with Gasteiger partial charge in [0.15, 0.2) is 0 Å². The van der Waals surface area contributed by atoms with Crippen LogP contribution in [0.1, 0.15) is 46.0 Å². The number of hydrogen-bond acceptors (Lipinski definition) is 5. The van der Waals surface area contributed by atoms with E-state index in [2.05, 4.69) is 15.5 Å². The van der Waals surface area contributed by atoms with E-state index in [0.717, 1.165) is 44.3 Å². The van der Waals surface area contributed by atoms with Crippen molar-refractivity contribution in [2.24, 2.45) is 0 Å². The smallest absolute Gasteiger partial charge is 0.241 e. The van der Waals surface area contributed by atoms with E-state index >= 15 is 0 Å². The third kappa shape index (κ3) is 5.46. The van der Waals surface area contributed by atoms with Crippen LogP contribution in [-0.4, -0.2) is 61.8 Å². The Hall–Kier alpha value is -1.63. The molecule has 1 atom stereocenters. The molecule has 6 heteroatoms. The van der Waals surface area contributed by atoms with Gasteiger partial charge in [0, 0.05) is 30.9 Å². The maximum atomic E-state index is 12.6. The van der Waals surface area contributed by atoms with Crippen LogP contribution in [0.25, 0.3) is 0 Å². The summed E-state index contributed by atoms with van der Waals surface area (Å²) in [5, 5.41) is 6.52. The number of hydrogen-bond donors (Lipinski definition) is 2. The predicted molar refractivity (Wildman–Crippen MR) is 112 cm³/mol. The molecule has 1 unspecified atom stereocenters. The Kier molecular flexibility index (Phi) is 7.71. The Morgan fingerprint density at radius 2 is 1.86 bits per heavy atom. The number of carbonyl (C=O) groups is 1. The molecule has 1 amide bonds. The summed E-state index contributed by atoms with van der Waals surface area (Å²) in [5.74, 6) is 0.813. The Balaban J connectivity index is 1.54. The number of rotatable bonds is 8. The van der Waals surface area contributed by atoms with E-state index < -0.39 is 0 Å². The number of amides is 1. The van der Waals surface area contributed by atoms with Crippen LogP contribution in [0.2, 0.25) is 0 Å². The summed E-state index contributed by atoms with van der Waals surface area (Å²) in [6.45, 7) is 9.01. The summed E-state index contributed by atoms with van der Waals surface area (Å²) >= 11 is 0. The van der Waals surface area contributed by atoms with E-state index in [9.17, 15) is 4.79 Å². The predicted octanol–water partition coefficient (Wildman–Crippen LogP) is 3.04. The minimum atomic E-state index is -0.244. The number of nitrogens with zero attached hydrogens (tertiary/aromatic N) is 1. The minimum absolute atomic E-state index is 0.00269. The molecule has 1 aliphatic heterocycles. The van der Waals surface area contributed by atoms with Gasteiger partial charge in [0.05, 0.1) is 25.9 Å². The summed E-state index contributed by atoms with van der Waals surface area (Å²) < 4.78 is 11.0. The molecular formula is C22H35N3O3. The van der Waals surface area contributed by atoms with Crippen LogP contribution < -0.4 is 15.4 Å². The standard InChI is InChI=1S/C22H35N3O3/c1-3-28-20-9-7-19(8-10-20)24-21(26)18(2)23-17-22(11-5-4-6-12-22)25-13-15-27-16-14-25/h7-10,18,23H,3-6,11-17H2,1-2H3,(H,24,26). The molecule has 2 aliphatic rings. The molecular weight excluding hydrogens is 354 g/mol. The third-order valence-corrected chi connectivity index (χ3v) is 6.03. The Morgan fingerprint density at radius 3 is 2.50 bits per heavy atom. The average Bonchev–Trinajstić information content (AvgIpc) is 2.75. The van der Waals surface area contributed by atoms with Crippen LogP contribution in [-0.2, 0) is 9.53 Å². The second-order valence-electron chi connectivity index (χ2n) is 7.93.